The fourth-order valence-electron chi connectivity index (χ4n) is 1.63. The summed E-state index contributed by atoms with van der Waals surface area (Å²) in [5.41, 5.74) is -0.355. The first kappa shape index (κ1) is 10.5. The molecular weight excluding hydrogens is 166 g/mol. The highest BCUT2D eigenvalue weighted by molar-refractivity contribution is 5.07. The molecule has 1 rings (SSSR count). The maximum Gasteiger partial charge on any atom is 0.175 e. The van der Waals surface area contributed by atoms with E-state index in [0.717, 1.165) is 19.3 Å². The second kappa shape index (κ2) is 4.59. The van der Waals surface area contributed by atoms with E-state index in [1.54, 1.807) is 0 Å². The summed E-state index contributed by atoms with van der Waals surface area (Å²) in [7, 11) is 0. The molecule has 0 aromatic carbocycles. The molecule has 0 bridgehead atoms. The van der Waals surface area contributed by atoms with Crippen molar-refractivity contribution in [3.05, 3.63) is 0 Å². The molecule has 3 nitrogen and oxygen atoms in total. The fourth-order valence-corrected chi connectivity index (χ4v) is 1.63. The Bertz CT molecular complexity index is 188. The molecule has 0 aromatic heterocycles. The lowest BCUT2D eigenvalue weighted by molar-refractivity contribution is -0.206. The minimum atomic E-state index is -0.355. The van der Waals surface area contributed by atoms with Crippen LogP contribution in [0.2, 0.25) is 0 Å². The molecule has 0 saturated heterocycles. The Kier molecular flexibility index (Phi) is 3.71. The van der Waals surface area contributed by atoms with Crippen LogP contribution in [0.15, 0.2) is 0 Å². The summed E-state index contributed by atoms with van der Waals surface area (Å²) < 4.78 is 10.9. The van der Waals surface area contributed by atoms with E-state index in [1.807, 2.05) is 13.8 Å². The van der Waals surface area contributed by atoms with Gasteiger partial charge in [0.1, 0.15) is 5.41 Å². The van der Waals surface area contributed by atoms with Crippen LogP contribution in [0.1, 0.15) is 33.1 Å². The van der Waals surface area contributed by atoms with Gasteiger partial charge in [0.2, 0.25) is 0 Å². The Morgan fingerprint density at radius 1 is 1.31 bits per heavy atom. The van der Waals surface area contributed by atoms with Gasteiger partial charge in [-0.3, -0.25) is 0 Å². The number of nitriles is 1. The second-order valence-electron chi connectivity index (χ2n) is 3.36. The van der Waals surface area contributed by atoms with Gasteiger partial charge in [-0.2, -0.15) is 5.26 Å². The highest BCUT2D eigenvalue weighted by atomic mass is 16.7. The van der Waals surface area contributed by atoms with E-state index >= 15 is 0 Å². The zero-order chi connectivity index (χ0) is 9.73. The molecule has 1 fully saturated rings. The molecule has 0 spiro atoms. The Balaban J connectivity index is 2.56. The summed E-state index contributed by atoms with van der Waals surface area (Å²) in [5, 5.41) is 9.05. The first-order valence-corrected chi connectivity index (χ1v) is 4.93. The van der Waals surface area contributed by atoms with Crippen LogP contribution in [0.4, 0.5) is 0 Å². The van der Waals surface area contributed by atoms with Gasteiger partial charge in [0.25, 0.3) is 0 Å². The van der Waals surface area contributed by atoms with Crippen molar-refractivity contribution in [3.63, 3.8) is 0 Å². The summed E-state index contributed by atoms with van der Waals surface area (Å²) >= 11 is 0. The van der Waals surface area contributed by atoms with E-state index in [4.69, 9.17) is 14.7 Å². The molecule has 0 unspecified atom stereocenters. The monoisotopic (exact) mass is 183 g/mol. The normalized spacial score (nSPS) is 19.5. The number of hydrogen-bond donors (Lipinski definition) is 0. The van der Waals surface area contributed by atoms with Gasteiger partial charge < -0.3 is 9.47 Å². The van der Waals surface area contributed by atoms with Crippen molar-refractivity contribution in [2.45, 2.75) is 39.4 Å². The highest BCUT2D eigenvalue weighted by Crippen LogP contribution is 2.44. The van der Waals surface area contributed by atoms with E-state index < -0.39 is 0 Å². The van der Waals surface area contributed by atoms with Gasteiger partial charge in [-0.05, 0) is 33.1 Å². The minimum Gasteiger partial charge on any atom is -0.351 e. The molecule has 0 N–H and O–H groups in total. The van der Waals surface area contributed by atoms with Crippen LogP contribution in [0.3, 0.4) is 0 Å². The summed E-state index contributed by atoms with van der Waals surface area (Å²) in [6, 6.07) is 2.33. The standard InChI is InChI=1S/C10H17NO2/c1-3-12-9(13-4-2)10(8-11)6-5-7-10/h9H,3-7H2,1-2H3. The molecule has 1 aliphatic rings. The van der Waals surface area contributed by atoms with Crippen molar-refractivity contribution < 1.29 is 9.47 Å². The van der Waals surface area contributed by atoms with Gasteiger partial charge in [0.15, 0.2) is 6.29 Å². The van der Waals surface area contributed by atoms with E-state index in [1.165, 1.54) is 0 Å². The zero-order valence-corrected chi connectivity index (χ0v) is 8.38. The smallest absolute Gasteiger partial charge is 0.175 e. The molecule has 0 atom stereocenters. The molecule has 0 aliphatic heterocycles. The zero-order valence-electron chi connectivity index (χ0n) is 8.38. The average molecular weight is 183 g/mol. The van der Waals surface area contributed by atoms with Crippen LogP contribution in [-0.4, -0.2) is 19.5 Å². The minimum absolute atomic E-state index is 0.318. The van der Waals surface area contributed by atoms with Crippen molar-refractivity contribution in [1.82, 2.24) is 0 Å². The third kappa shape index (κ3) is 2.01. The average Bonchev–Trinajstić information content (AvgIpc) is 2.04. The predicted octanol–water partition coefficient (Wildman–Crippen LogP) is 2.08. The van der Waals surface area contributed by atoms with Crippen molar-refractivity contribution in [2.75, 3.05) is 13.2 Å². The topological polar surface area (TPSA) is 42.2 Å². The molecule has 0 aromatic rings. The summed E-state index contributed by atoms with van der Waals surface area (Å²) in [6.45, 7) is 5.06. The van der Waals surface area contributed by atoms with Crippen molar-refractivity contribution in [2.24, 2.45) is 5.41 Å². The van der Waals surface area contributed by atoms with Gasteiger partial charge in [-0.25, -0.2) is 0 Å². The molecule has 1 aliphatic carbocycles. The van der Waals surface area contributed by atoms with Gasteiger partial charge in [0.05, 0.1) is 6.07 Å². The van der Waals surface area contributed by atoms with Crippen LogP contribution in [-0.2, 0) is 9.47 Å². The van der Waals surface area contributed by atoms with E-state index in [-0.39, 0.29) is 11.7 Å². The van der Waals surface area contributed by atoms with Gasteiger partial charge in [-0.1, -0.05) is 0 Å². The van der Waals surface area contributed by atoms with Crippen LogP contribution < -0.4 is 0 Å². The van der Waals surface area contributed by atoms with Gasteiger partial charge >= 0.3 is 0 Å². The SMILES string of the molecule is CCOC(OCC)C1(C#N)CCC1. The molecule has 74 valence electrons. The lowest BCUT2D eigenvalue weighted by Crippen LogP contribution is -2.43. The second-order valence-corrected chi connectivity index (χ2v) is 3.36. The Morgan fingerprint density at radius 3 is 2.08 bits per heavy atom. The van der Waals surface area contributed by atoms with E-state index in [9.17, 15) is 0 Å². The molecule has 3 heteroatoms. The van der Waals surface area contributed by atoms with Crippen LogP contribution in [0.5, 0.6) is 0 Å². The summed E-state index contributed by atoms with van der Waals surface area (Å²) in [6.07, 6.45) is 2.62. The quantitative estimate of drug-likeness (QED) is 0.613. The van der Waals surface area contributed by atoms with Crippen molar-refractivity contribution in [3.8, 4) is 6.07 Å². The third-order valence-electron chi connectivity index (χ3n) is 2.56. The fraction of sp³-hybridized carbons (Fsp3) is 0.900. The van der Waals surface area contributed by atoms with Gasteiger partial charge in [-0.15, -0.1) is 0 Å². The van der Waals surface area contributed by atoms with Gasteiger partial charge in [0, 0.05) is 13.2 Å². The number of hydrogen-bond acceptors (Lipinski definition) is 3. The third-order valence-corrected chi connectivity index (χ3v) is 2.56. The molecule has 0 heterocycles. The lowest BCUT2D eigenvalue weighted by Gasteiger charge is -2.40. The van der Waals surface area contributed by atoms with E-state index in [0.29, 0.717) is 13.2 Å². The van der Waals surface area contributed by atoms with Crippen LogP contribution in [0.25, 0.3) is 0 Å². The van der Waals surface area contributed by atoms with Crippen molar-refractivity contribution >= 4 is 0 Å². The maximum absolute atomic E-state index is 9.05. The van der Waals surface area contributed by atoms with Crippen molar-refractivity contribution in [1.29, 1.82) is 5.26 Å². The van der Waals surface area contributed by atoms with Crippen LogP contribution in [0, 0.1) is 16.7 Å². The molecule has 1 saturated carbocycles. The number of rotatable bonds is 5. The highest BCUT2D eigenvalue weighted by Gasteiger charge is 2.46. The Morgan fingerprint density at radius 2 is 1.85 bits per heavy atom. The largest absolute Gasteiger partial charge is 0.351 e. The summed E-state index contributed by atoms with van der Waals surface area (Å²) in [5.74, 6) is 0. The number of ether oxygens (including phenoxy) is 2. The predicted molar refractivity (Wildman–Crippen MR) is 48.9 cm³/mol. The molecule has 0 radical (unpaired) electrons. The lowest BCUT2D eigenvalue weighted by atomic mass is 9.69. The van der Waals surface area contributed by atoms with Crippen LogP contribution >= 0.6 is 0 Å². The van der Waals surface area contributed by atoms with E-state index in [2.05, 4.69) is 6.07 Å². The molecule has 0 amide bonds. The number of nitrogens with zero attached hydrogens (tertiary/aromatic N) is 1. The molecular formula is C10H17NO2. The molecule has 13 heavy (non-hydrogen) atoms. The Hall–Kier alpha value is -0.590. The first-order chi connectivity index (χ1) is 6.29. The maximum atomic E-state index is 9.05. The first-order valence-electron chi connectivity index (χ1n) is 4.93. The Labute approximate surface area is 79.6 Å². The summed E-state index contributed by atoms with van der Waals surface area (Å²) in [4.78, 5) is 0.